The Morgan fingerprint density at radius 3 is 2.22 bits per heavy atom. The van der Waals surface area contributed by atoms with Gasteiger partial charge in [0.25, 0.3) is 5.91 Å². The van der Waals surface area contributed by atoms with Gasteiger partial charge < -0.3 is 10.6 Å². The van der Waals surface area contributed by atoms with Crippen LogP contribution in [0.3, 0.4) is 0 Å². The number of hydrogen-bond donors (Lipinski definition) is 3. The average Bonchev–Trinajstić information content (AvgIpc) is 2.99. The summed E-state index contributed by atoms with van der Waals surface area (Å²) in [6, 6.07) is 7.39. The molecule has 1 heterocycles. The summed E-state index contributed by atoms with van der Waals surface area (Å²) in [5.41, 5.74) is 3.48. The third-order valence-corrected chi connectivity index (χ3v) is 4.87. The first-order chi connectivity index (χ1) is 12.7. The topological polar surface area (TPSA) is 88.1 Å². The van der Waals surface area contributed by atoms with Crippen LogP contribution >= 0.6 is 11.9 Å². The fourth-order valence-electron chi connectivity index (χ4n) is 2.76. The molecule has 146 valence electrons. The highest BCUT2D eigenvalue weighted by molar-refractivity contribution is 7.97. The van der Waals surface area contributed by atoms with Crippen LogP contribution in [0.15, 0.2) is 29.3 Å². The van der Waals surface area contributed by atoms with Gasteiger partial charge in [0.05, 0.1) is 0 Å². The SMILES string of the molecule is CNC(=O)c1cc(SNC(=O)Nc2c(C(C)C)cccc2C(C)C)nn1C. The van der Waals surface area contributed by atoms with Crippen LogP contribution in [-0.4, -0.2) is 28.8 Å². The molecule has 0 saturated carbocycles. The molecule has 27 heavy (non-hydrogen) atoms. The number of aryl methyl sites for hydroxylation is 1. The van der Waals surface area contributed by atoms with E-state index in [2.05, 4.69) is 48.1 Å². The van der Waals surface area contributed by atoms with Crippen LogP contribution in [0.4, 0.5) is 10.5 Å². The van der Waals surface area contributed by atoms with E-state index in [1.165, 1.54) is 4.68 Å². The lowest BCUT2D eigenvalue weighted by Crippen LogP contribution is -2.24. The Kier molecular flexibility index (Phi) is 6.90. The smallest absolute Gasteiger partial charge is 0.329 e. The summed E-state index contributed by atoms with van der Waals surface area (Å²) in [6.07, 6.45) is 0. The number of rotatable bonds is 6. The predicted octanol–water partition coefficient (Wildman–Crippen LogP) is 3.86. The quantitative estimate of drug-likeness (QED) is 0.655. The first-order valence-corrected chi connectivity index (χ1v) is 9.69. The minimum Gasteiger partial charge on any atom is -0.354 e. The summed E-state index contributed by atoms with van der Waals surface area (Å²) in [6.45, 7) is 8.41. The lowest BCUT2D eigenvalue weighted by molar-refractivity contribution is 0.0953. The molecule has 3 amide bonds. The van der Waals surface area contributed by atoms with Gasteiger partial charge in [-0.15, -0.1) is 0 Å². The van der Waals surface area contributed by atoms with Gasteiger partial charge >= 0.3 is 6.03 Å². The number of benzene rings is 1. The zero-order valence-corrected chi connectivity index (χ0v) is 17.4. The van der Waals surface area contributed by atoms with Gasteiger partial charge in [-0.3, -0.25) is 14.2 Å². The monoisotopic (exact) mass is 389 g/mol. The highest BCUT2D eigenvalue weighted by atomic mass is 32.2. The minimum absolute atomic E-state index is 0.228. The van der Waals surface area contributed by atoms with E-state index in [1.54, 1.807) is 20.2 Å². The lowest BCUT2D eigenvalue weighted by atomic mass is 9.93. The molecule has 0 aliphatic rings. The van der Waals surface area contributed by atoms with Crippen LogP contribution in [-0.2, 0) is 7.05 Å². The molecule has 3 N–H and O–H groups in total. The van der Waals surface area contributed by atoms with Crippen molar-refractivity contribution >= 4 is 29.6 Å². The fourth-order valence-corrected chi connectivity index (χ4v) is 3.35. The van der Waals surface area contributed by atoms with Crippen molar-refractivity contribution < 1.29 is 9.59 Å². The van der Waals surface area contributed by atoms with E-state index in [-0.39, 0.29) is 23.8 Å². The molecule has 0 fully saturated rings. The van der Waals surface area contributed by atoms with E-state index in [0.29, 0.717) is 10.7 Å². The van der Waals surface area contributed by atoms with Crippen molar-refractivity contribution in [3.05, 3.63) is 41.1 Å². The third-order valence-electron chi connectivity index (χ3n) is 4.18. The summed E-state index contributed by atoms with van der Waals surface area (Å²) >= 11 is 1.07. The first kappa shape index (κ1) is 20.8. The highest BCUT2D eigenvalue weighted by Gasteiger charge is 2.17. The van der Waals surface area contributed by atoms with Crippen LogP contribution in [0.1, 0.15) is 61.1 Å². The van der Waals surface area contributed by atoms with Crippen LogP contribution in [0.5, 0.6) is 0 Å². The maximum Gasteiger partial charge on any atom is 0.329 e. The molecule has 0 unspecified atom stereocenters. The van der Waals surface area contributed by atoms with Crippen LogP contribution in [0.25, 0.3) is 0 Å². The molecule has 2 rings (SSSR count). The molecule has 0 radical (unpaired) electrons. The number of nitrogens with zero attached hydrogens (tertiary/aromatic N) is 2. The predicted molar refractivity (Wildman–Crippen MR) is 109 cm³/mol. The van der Waals surface area contributed by atoms with E-state index < -0.39 is 0 Å². The van der Waals surface area contributed by atoms with E-state index in [0.717, 1.165) is 28.8 Å². The highest BCUT2D eigenvalue weighted by Crippen LogP contribution is 2.32. The van der Waals surface area contributed by atoms with Crippen molar-refractivity contribution in [2.75, 3.05) is 12.4 Å². The van der Waals surface area contributed by atoms with Crippen molar-refractivity contribution in [3.8, 4) is 0 Å². The molecule has 7 nitrogen and oxygen atoms in total. The fraction of sp³-hybridized carbons (Fsp3) is 0.421. The number of aromatic nitrogens is 2. The van der Waals surface area contributed by atoms with Crippen molar-refractivity contribution in [1.29, 1.82) is 0 Å². The van der Waals surface area contributed by atoms with Gasteiger partial charge in [-0.25, -0.2) is 4.79 Å². The zero-order chi connectivity index (χ0) is 20.1. The summed E-state index contributed by atoms with van der Waals surface area (Å²) in [7, 11) is 3.24. The summed E-state index contributed by atoms with van der Waals surface area (Å²) in [5, 5.41) is 10.3. The maximum absolute atomic E-state index is 12.5. The Hall–Kier alpha value is -2.48. The second-order valence-electron chi connectivity index (χ2n) is 6.85. The molecule has 1 aromatic carbocycles. The summed E-state index contributed by atoms with van der Waals surface area (Å²) in [5.74, 6) is 0.351. The van der Waals surface area contributed by atoms with Gasteiger partial charge in [0.15, 0.2) is 0 Å². The van der Waals surface area contributed by atoms with Gasteiger partial charge in [-0.2, -0.15) is 5.10 Å². The second-order valence-corrected chi connectivity index (χ2v) is 7.68. The molecule has 2 aromatic rings. The van der Waals surface area contributed by atoms with Crippen LogP contribution in [0, 0.1) is 0 Å². The standard InChI is InChI=1S/C19H27N5O2S/c1-11(2)13-8-7-9-14(12(3)4)17(13)21-19(26)23-27-16-10-15(18(25)20-5)24(6)22-16/h7-12H,1-6H3,(H,20,25)(H2,21,23,26). The van der Waals surface area contributed by atoms with Gasteiger partial charge in [0.1, 0.15) is 10.7 Å². The first-order valence-electron chi connectivity index (χ1n) is 8.87. The third kappa shape index (κ3) is 5.03. The van der Waals surface area contributed by atoms with Crippen molar-refractivity contribution in [2.45, 2.75) is 44.6 Å². The van der Waals surface area contributed by atoms with Crippen molar-refractivity contribution in [2.24, 2.45) is 7.05 Å². The molecule has 0 saturated heterocycles. The largest absolute Gasteiger partial charge is 0.354 e. The number of hydrogen-bond acceptors (Lipinski definition) is 4. The molecule has 0 bridgehead atoms. The Bertz CT molecular complexity index is 803. The maximum atomic E-state index is 12.5. The minimum atomic E-state index is -0.331. The second kappa shape index (κ2) is 8.94. The number of para-hydroxylation sites is 1. The number of amides is 3. The van der Waals surface area contributed by atoms with E-state index in [4.69, 9.17) is 0 Å². The average molecular weight is 390 g/mol. The number of nitrogens with one attached hydrogen (secondary N) is 3. The Labute approximate surface area is 164 Å². The Morgan fingerprint density at radius 2 is 1.70 bits per heavy atom. The number of carbonyl (C=O) groups is 2. The molecule has 0 aliphatic carbocycles. The molecule has 0 spiro atoms. The van der Waals surface area contributed by atoms with Crippen LogP contribution in [0.2, 0.25) is 0 Å². The zero-order valence-electron chi connectivity index (χ0n) is 16.6. The van der Waals surface area contributed by atoms with E-state index in [1.807, 2.05) is 18.2 Å². The summed E-state index contributed by atoms with van der Waals surface area (Å²) < 4.78 is 4.21. The molecule has 1 aromatic heterocycles. The van der Waals surface area contributed by atoms with Crippen molar-refractivity contribution in [3.63, 3.8) is 0 Å². The Balaban J connectivity index is 2.12. The molecule has 8 heteroatoms. The van der Waals surface area contributed by atoms with E-state index in [9.17, 15) is 9.59 Å². The van der Waals surface area contributed by atoms with Gasteiger partial charge in [0, 0.05) is 37.8 Å². The van der Waals surface area contributed by atoms with Gasteiger partial charge in [-0.05, 0) is 23.0 Å². The van der Waals surface area contributed by atoms with Crippen molar-refractivity contribution in [1.82, 2.24) is 19.8 Å². The number of carbonyl (C=O) groups excluding carboxylic acids is 2. The van der Waals surface area contributed by atoms with Gasteiger partial charge in [0.2, 0.25) is 0 Å². The Morgan fingerprint density at radius 1 is 1.11 bits per heavy atom. The number of anilines is 1. The molecular weight excluding hydrogens is 362 g/mol. The lowest BCUT2D eigenvalue weighted by Gasteiger charge is -2.20. The molecular formula is C19H27N5O2S. The summed E-state index contributed by atoms with van der Waals surface area (Å²) in [4.78, 5) is 24.2. The van der Waals surface area contributed by atoms with Crippen LogP contribution < -0.4 is 15.4 Å². The normalized spacial score (nSPS) is 11.0. The molecule has 0 atom stereocenters. The van der Waals surface area contributed by atoms with Gasteiger partial charge in [-0.1, -0.05) is 45.9 Å². The number of urea groups is 1. The molecule has 0 aliphatic heterocycles. The van der Waals surface area contributed by atoms with E-state index >= 15 is 0 Å².